The van der Waals surface area contributed by atoms with Crippen LogP contribution in [0, 0.1) is 35.5 Å². The number of hydrogen-bond donors (Lipinski definition) is 6. The van der Waals surface area contributed by atoms with Crippen molar-refractivity contribution in [2.75, 3.05) is 32.8 Å². The summed E-state index contributed by atoms with van der Waals surface area (Å²) >= 11 is 6.07. The number of ether oxygens (including phenoxy) is 1. The number of Topliss-reactive ketones (excluding diaryl/α,β-unsaturated/α-hetero) is 2. The number of hydrogen-bond acceptors (Lipinski definition) is 14. The van der Waals surface area contributed by atoms with Crippen molar-refractivity contribution < 1.29 is 24.5 Å². The van der Waals surface area contributed by atoms with Crippen LogP contribution < -0.4 is 16.0 Å². The summed E-state index contributed by atoms with van der Waals surface area (Å²) < 4.78 is 13.7. The van der Waals surface area contributed by atoms with Gasteiger partial charge in [0.15, 0.2) is 11.9 Å². The number of aromatic amines is 1. The number of nitrogens with one attached hydrogen (secondary N) is 4. The van der Waals surface area contributed by atoms with E-state index in [-0.39, 0.29) is 18.0 Å². The van der Waals surface area contributed by atoms with Gasteiger partial charge in [0.25, 0.3) is 0 Å². The smallest absolute Gasteiger partial charge is 0.171 e. The van der Waals surface area contributed by atoms with Crippen LogP contribution in [0.4, 0.5) is 0 Å². The van der Waals surface area contributed by atoms with Crippen LogP contribution in [0.2, 0.25) is 5.02 Å². The van der Waals surface area contributed by atoms with Crippen molar-refractivity contribution in [3.05, 3.63) is 342 Å². The highest BCUT2D eigenvalue weighted by Gasteiger charge is 2.25. The number of carbonyl (C=O) groups is 2. The molecule has 6 N–H and O–H groups in total. The number of imidazole rings is 4. The summed E-state index contributed by atoms with van der Waals surface area (Å²) in [6.45, 7) is 14.8. The van der Waals surface area contributed by atoms with Crippen molar-refractivity contribution in [3.63, 3.8) is 0 Å². The monoisotopic (exact) mass is 1570 g/mol. The topological polar surface area (TPSA) is 242 Å². The molecule has 1 aliphatic heterocycles. The van der Waals surface area contributed by atoms with Gasteiger partial charge in [0.1, 0.15) is 5.78 Å². The van der Waals surface area contributed by atoms with Crippen LogP contribution in [-0.4, -0.2) is 108 Å². The minimum absolute atomic E-state index is 0.0921. The molecule has 17 rings (SSSR count). The predicted molar refractivity (Wildman–Crippen MR) is 465 cm³/mol. The van der Waals surface area contributed by atoms with Crippen LogP contribution in [0.5, 0.6) is 0 Å². The van der Waals surface area contributed by atoms with Gasteiger partial charge >= 0.3 is 0 Å². The van der Waals surface area contributed by atoms with Crippen molar-refractivity contribution in [1.82, 2.24) is 63.7 Å². The van der Waals surface area contributed by atoms with Gasteiger partial charge in [-0.1, -0.05) is 201 Å². The fourth-order valence-corrected chi connectivity index (χ4v) is 14.6. The fraction of sp³-hybridized carbons (Fsp3) is 0.216. The molecular weight excluding hydrogens is 1480 g/mol. The van der Waals surface area contributed by atoms with E-state index in [1.54, 1.807) is 73.4 Å². The lowest BCUT2D eigenvalue weighted by Crippen LogP contribution is -2.34. The van der Waals surface area contributed by atoms with Crippen LogP contribution in [0.3, 0.4) is 0 Å². The molecule has 9 aromatic heterocycles. The second-order valence-electron chi connectivity index (χ2n) is 30.0. The minimum atomic E-state index is -1.28. The molecule has 0 saturated carbocycles. The highest BCUT2D eigenvalue weighted by Crippen LogP contribution is 2.33. The third-order valence-corrected chi connectivity index (χ3v) is 20.6. The number of H-pyrrole nitrogens is 1. The van der Waals surface area contributed by atoms with Gasteiger partial charge in [-0.2, -0.15) is 10.4 Å². The molecule has 0 spiro atoms. The van der Waals surface area contributed by atoms with Crippen molar-refractivity contribution in [2.24, 2.45) is 11.8 Å². The highest BCUT2D eigenvalue weighted by molar-refractivity contribution is 6.31. The zero-order chi connectivity index (χ0) is 81.5. The largest absolute Gasteiger partial charge is 0.389 e. The number of rotatable bonds is 24. The molecule has 1 aliphatic rings. The summed E-state index contributed by atoms with van der Waals surface area (Å²) in [5.41, 5.74) is 21.5. The SMILES string of the molecule is C#Cc1ccc(CC(=O)C(O)c2c(-c3ccccc3)ccc3cncn23)cc1.CC(C)(O)CNCc1c(-c2ccccc2)ccc2cncn12.CC(C)CNCc1c(-c2ccccc2)ccc2cncn12.N#Cc1ccc(CC(=O)Cc2cc(Cl)cc3[nH]ncc23)cc1.c1ccc(-c2ccc3cncn3c2CNCC2CCOCC2)cc1. The zero-order valence-corrected chi connectivity index (χ0v) is 66.9. The lowest BCUT2D eigenvalue weighted by Gasteiger charge is -2.22. The van der Waals surface area contributed by atoms with Gasteiger partial charge in [0, 0.05) is 114 Å². The number of aliphatic hydroxyl groups excluding tert-OH is 1. The molecule has 0 bridgehead atoms. The standard InChI is InChI=1S/C24H18N2O2.C20H23N3O.C18H21N3O.C18H21N3.C17H12ClN3O/c1-2-17-8-10-18(11-9-17)14-22(27)24(28)23-21(19-6-4-3-5-7-19)13-12-20-15-25-16-26(20)23;1-2-4-17(5-3-1)19-7-6-18-13-22-15-23(18)20(19)14-21-12-16-8-10-24-11-9-16;1-18(2,22)12-19-11-17-16(14-6-4-3-5-7-14)9-8-15-10-20-13-21(15)17;1-14(2)10-19-12-18-17(15-6-4-3-5-7-15)9-8-16-11-20-13-21(16)18;18-14-6-13(16-10-20-21-17(16)8-14)7-15(22)5-11-1-3-12(9-19)4-2-11/h1,3-13,15-16,24,28H,14H2;1-7,13,15-16,21H,8-12,14H2;3-10,13,19,22H,11-12H2,1-2H3;3-9,11,13-14,19H,10,12H2,1-2H3;1-4,6,8,10H,5,7H2,(H,20,21). The first-order chi connectivity index (χ1) is 57.0. The number of halogens is 1. The Bertz CT molecular complexity index is 6010. The first-order valence-electron chi connectivity index (χ1n) is 39.3. The molecule has 20 heteroatoms. The summed E-state index contributed by atoms with van der Waals surface area (Å²) in [5, 5.41) is 48.5. The number of terminal acetylenes is 1. The number of pyridine rings is 4. The Morgan fingerprint density at radius 2 is 0.991 bits per heavy atom. The third-order valence-electron chi connectivity index (χ3n) is 20.3. The number of benzene rings is 7. The van der Waals surface area contributed by atoms with Crippen molar-refractivity contribution >= 4 is 56.1 Å². The van der Waals surface area contributed by atoms with Gasteiger partial charge in [0.2, 0.25) is 0 Å². The van der Waals surface area contributed by atoms with E-state index < -0.39 is 11.7 Å². The summed E-state index contributed by atoms with van der Waals surface area (Å²) in [7, 11) is 0. The molecular formula is C97H95ClN14O5. The van der Waals surface area contributed by atoms with Crippen LogP contribution in [-0.2, 0) is 53.2 Å². The Morgan fingerprint density at radius 1 is 0.556 bits per heavy atom. The van der Waals surface area contributed by atoms with Crippen LogP contribution >= 0.6 is 11.6 Å². The van der Waals surface area contributed by atoms with Crippen molar-refractivity contribution in [1.29, 1.82) is 5.26 Å². The Morgan fingerprint density at radius 3 is 1.46 bits per heavy atom. The van der Waals surface area contributed by atoms with Gasteiger partial charge in [-0.15, -0.1) is 6.42 Å². The highest BCUT2D eigenvalue weighted by atomic mass is 35.5. The van der Waals surface area contributed by atoms with Gasteiger partial charge in [-0.05, 0) is 151 Å². The van der Waals surface area contributed by atoms with Crippen LogP contribution in [0.25, 0.3) is 77.5 Å². The Labute approximate surface area is 686 Å². The van der Waals surface area contributed by atoms with E-state index in [0.29, 0.717) is 48.1 Å². The van der Waals surface area contributed by atoms with Crippen molar-refractivity contribution in [3.8, 4) is 62.9 Å². The lowest BCUT2D eigenvalue weighted by molar-refractivity contribution is -0.127. The Kier molecular flexibility index (Phi) is 28.1. The number of nitriles is 1. The Hall–Kier alpha value is -12.8. The summed E-state index contributed by atoms with van der Waals surface area (Å²) in [4.78, 5) is 42.2. The molecule has 590 valence electrons. The van der Waals surface area contributed by atoms with Gasteiger partial charge in [-0.3, -0.25) is 19.1 Å². The van der Waals surface area contributed by atoms with E-state index in [2.05, 4.69) is 194 Å². The zero-order valence-electron chi connectivity index (χ0n) is 66.1. The second kappa shape index (κ2) is 40.0. The number of aliphatic hydroxyl groups is 2. The molecule has 1 unspecified atom stereocenters. The molecule has 1 atom stereocenters. The summed E-state index contributed by atoms with van der Waals surface area (Å²) in [6.07, 6.45) is 23.5. The first kappa shape index (κ1) is 82.2. The number of nitrogens with zero attached hydrogens (tertiary/aromatic N) is 10. The summed E-state index contributed by atoms with van der Waals surface area (Å²) in [5.74, 6) is 3.73. The average Bonchev–Trinajstić information content (AvgIpc) is 1.73. The van der Waals surface area contributed by atoms with Crippen LogP contribution in [0.15, 0.2) is 287 Å². The maximum atomic E-state index is 12.9. The molecule has 1 fully saturated rings. The average molecular weight is 1570 g/mol. The molecule has 1 saturated heterocycles. The number of carbonyl (C=O) groups excluding carboxylic acids is 2. The molecule has 7 aromatic carbocycles. The number of fused-ring (bicyclic) bond motifs is 5. The first-order valence-corrected chi connectivity index (χ1v) is 39.7. The number of aromatic nitrogens is 10. The van der Waals surface area contributed by atoms with Gasteiger partial charge in [-0.25, -0.2) is 19.9 Å². The maximum Gasteiger partial charge on any atom is 0.171 e. The molecule has 0 amide bonds. The quantitative estimate of drug-likeness (QED) is 0.0309. The third kappa shape index (κ3) is 21.8. The molecule has 117 heavy (non-hydrogen) atoms. The molecule has 10 heterocycles. The van der Waals surface area contributed by atoms with Crippen molar-refractivity contribution in [2.45, 2.75) is 91.1 Å². The van der Waals surface area contributed by atoms with E-state index >= 15 is 0 Å². The summed E-state index contributed by atoms with van der Waals surface area (Å²) in [6, 6.07) is 77.8. The Balaban J connectivity index is 0.000000127. The predicted octanol–water partition coefficient (Wildman–Crippen LogP) is 17.4. The molecule has 0 aliphatic carbocycles. The second-order valence-corrected chi connectivity index (χ2v) is 30.5. The maximum absolute atomic E-state index is 12.9. The lowest BCUT2D eigenvalue weighted by atomic mass is 9.96. The molecule has 19 nitrogen and oxygen atoms in total. The van der Waals surface area contributed by atoms with E-state index in [9.17, 15) is 19.8 Å². The normalized spacial score (nSPS) is 12.4. The van der Waals surface area contributed by atoms with Gasteiger partial charge in [0.05, 0.1) is 107 Å². The fourth-order valence-electron chi connectivity index (χ4n) is 14.4. The van der Waals surface area contributed by atoms with E-state index in [1.165, 1.54) is 44.8 Å². The van der Waals surface area contributed by atoms with E-state index in [4.69, 9.17) is 28.0 Å². The molecule has 0 radical (unpaired) electrons. The van der Waals surface area contributed by atoms with E-state index in [1.807, 2.05) is 123 Å². The van der Waals surface area contributed by atoms with Gasteiger partial charge < -0.3 is 44.1 Å². The van der Waals surface area contributed by atoms with E-state index in [0.717, 1.165) is 130 Å². The number of ketones is 2. The van der Waals surface area contributed by atoms with Crippen LogP contribution in [0.1, 0.15) is 97.2 Å². The molecule has 16 aromatic rings. The minimum Gasteiger partial charge on any atom is -0.389 e.